The van der Waals surface area contributed by atoms with Crippen molar-refractivity contribution in [3.63, 3.8) is 0 Å². The highest BCUT2D eigenvalue weighted by atomic mass is 16.3. The first-order chi connectivity index (χ1) is 6.16. The van der Waals surface area contributed by atoms with Crippen LogP contribution in [-0.4, -0.2) is 21.6 Å². The Kier molecular flexibility index (Phi) is 2.54. The van der Waals surface area contributed by atoms with Crippen molar-refractivity contribution in [1.82, 2.24) is 0 Å². The predicted molar refractivity (Wildman–Crippen MR) is 46.5 cm³/mol. The van der Waals surface area contributed by atoms with Gasteiger partial charge in [-0.2, -0.15) is 0 Å². The monoisotopic (exact) mass is 180 g/mol. The summed E-state index contributed by atoms with van der Waals surface area (Å²) in [6, 6.07) is 2.60. The zero-order chi connectivity index (χ0) is 9.84. The lowest BCUT2D eigenvalue weighted by Gasteiger charge is -2.02. The molecule has 0 aliphatic heterocycles. The molecule has 0 saturated heterocycles. The van der Waals surface area contributed by atoms with Crippen LogP contribution < -0.4 is 0 Å². The number of phenolic OH excluding ortho intramolecular Hbond substituents is 3. The summed E-state index contributed by atoms with van der Waals surface area (Å²) >= 11 is 0. The van der Waals surface area contributed by atoms with Crippen LogP contribution in [0.4, 0.5) is 0 Å². The summed E-state index contributed by atoms with van der Waals surface area (Å²) in [6.07, 6.45) is 3.04. The number of carbonyl (C=O) groups is 1. The van der Waals surface area contributed by atoms with E-state index in [-0.39, 0.29) is 5.56 Å². The van der Waals surface area contributed by atoms with Crippen LogP contribution in [-0.2, 0) is 4.79 Å². The summed E-state index contributed by atoms with van der Waals surface area (Å²) in [7, 11) is 0. The number of allylic oxidation sites excluding steroid dienone is 1. The van der Waals surface area contributed by atoms with Gasteiger partial charge >= 0.3 is 0 Å². The minimum atomic E-state index is -0.590. The highest BCUT2D eigenvalue weighted by molar-refractivity contribution is 5.76. The lowest BCUT2D eigenvalue weighted by atomic mass is 10.1. The molecule has 0 spiro atoms. The van der Waals surface area contributed by atoms with E-state index >= 15 is 0 Å². The number of benzene rings is 1. The summed E-state index contributed by atoms with van der Waals surface area (Å²) in [4.78, 5) is 9.96. The maximum atomic E-state index is 9.96. The molecule has 0 saturated carbocycles. The van der Waals surface area contributed by atoms with Crippen LogP contribution in [0.25, 0.3) is 6.08 Å². The van der Waals surface area contributed by atoms with E-state index in [1.807, 2.05) is 0 Å². The Morgan fingerprint density at radius 3 is 2.38 bits per heavy atom. The van der Waals surface area contributed by atoms with Gasteiger partial charge in [-0.05, 0) is 24.3 Å². The number of phenols is 3. The first-order valence-corrected chi connectivity index (χ1v) is 3.52. The fourth-order valence-corrected chi connectivity index (χ4v) is 0.862. The van der Waals surface area contributed by atoms with Crippen LogP contribution in [0, 0.1) is 0 Å². The van der Waals surface area contributed by atoms with Crippen LogP contribution in [0.15, 0.2) is 18.2 Å². The van der Waals surface area contributed by atoms with E-state index in [2.05, 4.69) is 0 Å². The largest absolute Gasteiger partial charge is 0.504 e. The van der Waals surface area contributed by atoms with Gasteiger partial charge in [0.1, 0.15) is 6.29 Å². The van der Waals surface area contributed by atoms with E-state index in [0.717, 1.165) is 0 Å². The molecular formula is C9H8O4. The second-order valence-electron chi connectivity index (χ2n) is 2.37. The average Bonchev–Trinajstić information content (AvgIpc) is 2.13. The second kappa shape index (κ2) is 3.62. The van der Waals surface area contributed by atoms with E-state index in [9.17, 15) is 9.90 Å². The molecule has 0 unspecified atom stereocenters. The minimum absolute atomic E-state index is 0.266. The quantitative estimate of drug-likeness (QED) is 0.360. The second-order valence-corrected chi connectivity index (χ2v) is 2.37. The Bertz CT molecular complexity index is 355. The fraction of sp³-hybridized carbons (Fsp3) is 0. The summed E-state index contributed by atoms with van der Waals surface area (Å²) < 4.78 is 0. The van der Waals surface area contributed by atoms with Crippen molar-refractivity contribution >= 4 is 12.4 Å². The molecule has 0 aliphatic rings. The molecule has 0 bridgehead atoms. The number of hydrogen-bond acceptors (Lipinski definition) is 4. The van der Waals surface area contributed by atoms with Crippen molar-refractivity contribution in [3.8, 4) is 17.2 Å². The van der Waals surface area contributed by atoms with Gasteiger partial charge in [0.05, 0.1) is 0 Å². The minimum Gasteiger partial charge on any atom is -0.504 e. The number of carbonyl (C=O) groups excluding carboxylic acids is 1. The van der Waals surface area contributed by atoms with E-state index in [1.54, 1.807) is 0 Å². The number of hydrogen-bond donors (Lipinski definition) is 3. The molecule has 0 aromatic heterocycles. The molecule has 0 amide bonds. The number of aldehydes is 1. The fourth-order valence-electron chi connectivity index (χ4n) is 0.862. The van der Waals surface area contributed by atoms with Gasteiger partial charge in [0.2, 0.25) is 5.75 Å². The van der Waals surface area contributed by atoms with Crippen LogP contribution in [0.2, 0.25) is 0 Å². The van der Waals surface area contributed by atoms with Crippen LogP contribution >= 0.6 is 0 Å². The van der Waals surface area contributed by atoms with Gasteiger partial charge in [0, 0.05) is 5.56 Å². The molecule has 1 rings (SSSR count). The third-order valence-corrected chi connectivity index (χ3v) is 1.52. The molecule has 0 radical (unpaired) electrons. The zero-order valence-corrected chi connectivity index (χ0v) is 6.64. The van der Waals surface area contributed by atoms with E-state index in [1.165, 1.54) is 24.3 Å². The van der Waals surface area contributed by atoms with Gasteiger partial charge in [0.25, 0.3) is 0 Å². The van der Waals surface area contributed by atoms with Gasteiger partial charge in [-0.1, -0.05) is 0 Å². The number of aromatic hydroxyl groups is 3. The lowest BCUT2D eigenvalue weighted by molar-refractivity contribution is -0.104. The van der Waals surface area contributed by atoms with E-state index < -0.39 is 17.2 Å². The SMILES string of the molecule is O=C/C=C/c1ccc(O)c(O)c1O. The third-order valence-electron chi connectivity index (χ3n) is 1.52. The average molecular weight is 180 g/mol. The van der Waals surface area contributed by atoms with Crippen LogP contribution in [0.5, 0.6) is 17.2 Å². The normalized spacial score (nSPS) is 10.5. The van der Waals surface area contributed by atoms with Crippen molar-refractivity contribution < 1.29 is 20.1 Å². The first-order valence-electron chi connectivity index (χ1n) is 3.52. The molecule has 13 heavy (non-hydrogen) atoms. The Morgan fingerprint density at radius 2 is 1.77 bits per heavy atom. The maximum Gasteiger partial charge on any atom is 0.200 e. The molecule has 1 aromatic rings. The molecule has 0 heterocycles. The Morgan fingerprint density at radius 1 is 1.08 bits per heavy atom. The first kappa shape index (κ1) is 9.12. The van der Waals surface area contributed by atoms with Crippen molar-refractivity contribution in [2.75, 3.05) is 0 Å². The smallest absolute Gasteiger partial charge is 0.200 e. The van der Waals surface area contributed by atoms with Gasteiger partial charge in [0.15, 0.2) is 11.5 Å². The van der Waals surface area contributed by atoms with Crippen LogP contribution in [0.3, 0.4) is 0 Å². The molecule has 1 aromatic carbocycles. The molecule has 4 heteroatoms. The van der Waals surface area contributed by atoms with Crippen molar-refractivity contribution in [3.05, 3.63) is 23.8 Å². The predicted octanol–water partition coefficient (Wildman–Crippen LogP) is 1.02. The summed E-state index contributed by atoms with van der Waals surface area (Å²) in [5, 5.41) is 27.2. The van der Waals surface area contributed by atoms with Crippen molar-refractivity contribution in [1.29, 1.82) is 0 Å². The Labute approximate surface area is 74.4 Å². The molecule has 3 N–H and O–H groups in total. The molecular weight excluding hydrogens is 172 g/mol. The highest BCUT2D eigenvalue weighted by Crippen LogP contribution is 2.37. The topological polar surface area (TPSA) is 77.8 Å². The van der Waals surface area contributed by atoms with Crippen LogP contribution in [0.1, 0.15) is 5.56 Å². The van der Waals surface area contributed by atoms with Gasteiger partial charge in [-0.25, -0.2) is 0 Å². The molecule has 4 nitrogen and oxygen atoms in total. The van der Waals surface area contributed by atoms with E-state index in [0.29, 0.717) is 6.29 Å². The Balaban J connectivity index is 3.17. The molecule has 68 valence electrons. The highest BCUT2D eigenvalue weighted by Gasteiger charge is 2.07. The van der Waals surface area contributed by atoms with Gasteiger partial charge in [-0.3, -0.25) is 4.79 Å². The maximum absolute atomic E-state index is 9.96. The Hall–Kier alpha value is -1.97. The lowest BCUT2D eigenvalue weighted by Crippen LogP contribution is -1.77. The standard InChI is InChI=1S/C9H8O4/c10-5-1-2-6-3-4-7(11)9(13)8(6)12/h1-5,11-13H/b2-1+. The molecule has 0 atom stereocenters. The summed E-state index contributed by atoms with van der Waals surface area (Å²) in [5.41, 5.74) is 0.266. The van der Waals surface area contributed by atoms with Crippen molar-refractivity contribution in [2.24, 2.45) is 0 Å². The molecule has 0 fully saturated rings. The van der Waals surface area contributed by atoms with Gasteiger partial charge in [-0.15, -0.1) is 0 Å². The third kappa shape index (κ3) is 1.79. The molecule has 0 aliphatic carbocycles. The van der Waals surface area contributed by atoms with Crippen molar-refractivity contribution in [2.45, 2.75) is 0 Å². The van der Waals surface area contributed by atoms with Gasteiger partial charge < -0.3 is 15.3 Å². The summed E-state index contributed by atoms with van der Waals surface area (Å²) in [6.45, 7) is 0. The number of rotatable bonds is 2. The summed E-state index contributed by atoms with van der Waals surface area (Å²) in [5.74, 6) is -1.44. The van der Waals surface area contributed by atoms with E-state index in [4.69, 9.17) is 10.2 Å². The zero-order valence-electron chi connectivity index (χ0n) is 6.64.